The molecule has 0 spiro atoms. The number of fused-ring (bicyclic) bond motifs is 2. The van der Waals surface area contributed by atoms with Crippen molar-refractivity contribution in [1.82, 2.24) is 0 Å². The highest BCUT2D eigenvalue weighted by atomic mass is 15.2. The molecule has 11 aromatic rings. The Morgan fingerprint density at radius 1 is 0.170 bits per heavy atom. The molecule has 4 aliphatic carbocycles. The van der Waals surface area contributed by atoms with Crippen LogP contribution < -0.4 is 9.80 Å². The molecule has 438 valence electrons. The molecule has 4 aliphatic rings. The minimum atomic E-state index is -0.00571. The van der Waals surface area contributed by atoms with Crippen molar-refractivity contribution in [3.05, 3.63) is 311 Å². The molecule has 0 bridgehead atoms. The van der Waals surface area contributed by atoms with Gasteiger partial charge in [-0.2, -0.15) is 0 Å². The number of hydrogen-bond donors (Lipinski definition) is 0. The maximum absolute atomic E-state index is 2.61. The maximum Gasteiger partial charge on any atom is 0.0619 e. The highest BCUT2D eigenvalue weighted by Gasteiger charge is 2.40. The van der Waals surface area contributed by atoms with Gasteiger partial charge in [-0.05, 0) is 144 Å². The van der Waals surface area contributed by atoms with Gasteiger partial charge in [0, 0.05) is 66.0 Å². The van der Waals surface area contributed by atoms with E-state index in [2.05, 4.69) is 277 Å². The lowest BCUT2D eigenvalue weighted by molar-refractivity contribution is 0.346. The quantitative estimate of drug-likeness (QED) is 0.0791. The van der Waals surface area contributed by atoms with Gasteiger partial charge in [0.25, 0.3) is 0 Å². The minimum Gasteiger partial charge on any atom is -0.309 e. The monoisotopic (exact) mass is 1140 g/mol. The molecule has 0 aromatic heterocycles. The second-order valence-electron chi connectivity index (χ2n) is 26.7. The fourth-order valence-corrected chi connectivity index (χ4v) is 17.7. The zero-order chi connectivity index (χ0) is 58.8. The van der Waals surface area contributed by atoms with Crippen molar-refractivity contribution in [1.29, 1.82) is 0 Å². The third-order valence-corrected chi connectivity index (χ3v) is 22.2. The van der Waals surface area contributed by atoms with Gasteiger partial charge in [0.05, 0.1) is 11.4 Å². The highest BCUT2D eigenvalue weighted by molar-refractivity contribution is 6.23. The van der Waals surface area contributed by atoms with Gasteiger partial charge in [0.1, 0.15) is 0 Å². The number of benzene rings is 11. The fraction of sp³-hybridized carbons (Fsp3) is 0.279. The van der Waals surface area contributed by atoms with Gasteiger partial charge in [0.15, 0.2) is 0 Å². The molecular weight excluding hydrogens is 1060 g/mol. The van der Waals surface area contributed by atoms with Crippen molar-refractivity contribution >= 4 is 55.7 Å². The summed E-state index contributed by atoms with van der Waals surface area (Å²) < 4.78 is 0. The lowest BCUT2D eigenvalue weighted by Gasteiger charge is -2.40. The summed E-state index contributed by atoms with van der Waals surface area (Å²) in [6, 6.07) is 104. The summed E-state index contributed by atoms with van der Waals surface area (Å²) in [4.78, 5) is 5.23. The zero-order valence-electron chi connectivity index (χ0n) is 51.4. The Kier molecular flexibility index (Phi) is 15.5. The fourth-order valence-electron chi connectivity index (χ4n) is 17.7. The number of anilines is 6. The van der Waals surface area contributed by atoms with Gasteiger partial charge in [-0.25, -0.2) is 0 Å². The Morgan fingerprint density at radius 3 is 0.534 bits per heavy atom. The van der Waals surface area contributed by atoms with Crippen LogP contribution in [0.1, 0.15) is 173 Å². The first-order valence-corrected chi connectivity index (χ1v) is 33.8. The lowest BCUT2D eigenvalue weighted by atomic mass is 9.65. The first-order chi connectivity index (χ1) is 43.6. The topological polar surface area (TPSA) is 6.48 Å². The van der Waals surface area contributed by atoms with Crippen LogP contribution >= 0.6 is 0 Å². The number of rotatable bonds is 14. The molecule has 0 radical (unpaired) electrons. The number of nitrogens with zero attached hydrogens (tertiary/aromatic N) is 2. The molecule has 0 heterocycles. The summed E-state index contributed by atoms with van der Waals surface area (Å²) in [5, 5.41) is 4.89. The minimum absolute atomic E-state index is 0.00571. The Morgan fingerprint density at radius 2 is 0.341 bits per heavy atom. The molecular formula is C86H84N2. The van der Waals surface area contributed by atoms with E-state index in [1.54, 1.807) is 0 Å². The zero-order valence-corrected chi connectivity index (χ0v) is 51.4. The maximum atomic E-state index is 2.61. The summed E-state index contributed by atoms with van der Waals surface area (Å²) in [6.45, 7) is 0. The van der Waals surface area contributed by atoms with E-state index in [-0.39, 0.29) is 21.7 Å². The molecule has 0 saturated heterocycles. The molecule has 4 fully saturated rings. The number of hydrogen-bond acceptors (Lipinski definition) is 2. The van der Waals surface area contributed by atoms with Gasteiger partial charge < -0.3 is 9.80 Å². The van der Waals surface area contributed by atoms with Crippen LogP contribution in [0.3, 0.4) is 0 Å². The van der Waals surface area contributed by atoms with E-state index in [9.17, 15) is 0 Å². The van der Waals surface area contributed by atoms with Crippen molar-refractivity contribution in [2.45, 2.75) is 150 Å². The summed E-state index contributed by atoms with van der Waals surface area (Å²) in [5.74, 6) is 0. The summed E-state index contributed by atoms with van der Waals surface area (Å²) in [6.07, 6.45) is 24.6. The average Bonchev–Trinajstić information content (AvgIpc) is 0.948. The van der Waals surface area contributed by atoms with Crippen molar-refractivity contribution in [2.24, 2.45) is 0 Å². The third-order valence-electron chi connectivity index (χ3n) is 22.2. The first-order valence-electron chi connectivity index (χ1n) is 33.8. The SMILES string of the molecule is c1ccc(C2(c3ccc(N(c4ccc(C5(c6ccccc6)CCCCC5)cc4)c4c5ccccc5c(N(c5ccc(C6(c7ccccc7)CCCCC6)cc5)c5ccc(C6(c7ccccc7)CCCCC6)cc5)c5ccccc45)cc3)CCCCC2)cc1. The van der Waals surface area contributed by atoms with Gasteiger partial charge in [-0.3, -0.25) is 0 Å². The molecule has 15 rings (SSSR count). The summed E-state index contributed by atoms with van der Waals surface area (Å²) in [7, 11) is 0. The molecule has 0 unspecified atom stereocenters. The van der Waals surface area contributed by atoms with Gasteiger partial charge >= 0.3 is 0 Å². The largest absolute Gasteiger partial charge is 0.309 e. The predicted octanol–water partition coefficient (Wildman–Crippen LogP) is 23.9. The van der Waals surface area contributed by atoms with Crippen LogP contribution in [0, 0.1) is 0 Å². The second kappa shape index (κ2) is 24.3. The average molecular weight is 1150 g/mol. The molecule has 88 heavy (non-hydrogen) atoms. The molecule has 4 saturated carbocycles. The molecule has 11 aromatic carbocycles. The van der Waals surface area contributed by atoms with Crippen molar-refractivity contribution in [3.63, 3.8) is 0 Å². The normalized spacial score (nSPS) is 17.9. The van der Waals surface area contributed by atoms with E-state index in [1.165, 1.54) is 229 Å². The molecule has 0 aliphatic heterocycles. The van der Waals surface area contributed by atoms with Crippen molar-refractivity contribution in [3.8, 4) is 0 Å². The van der Waals surface area contributed by atoms with Gasteiger partial charge in [-0.1, -0.05) is 295 Å². The van der Waals surface area contributed by atoms with E-state index in [0.29, 0.717) is 0 Å². The van der Waals surface area contributed by atoms with E-state index >= 15 is 0 Å². The molecule has 2 nitrogen and oxygen atoms in total. The van der Waals surface area contributed by atoms with E-state index < -0.39 is 0 Å². The third kappa shape index (κ3) is 9.96. The first kappa shape index (κ1) is 56.1. The van der Waals surface area contributed by atoms with Crippen LogP contribution in [0.4, 0.5) is 34.1 Å². The van der Waals surface area contributed by atoms with Crippen LogP contribution in [-0.2, 0) is 21.7 Å². The molecule has 2 heteroatoms. The van der Waals surface area contributed by atoms with Crippen LogP contribution in [0.5, 0.6) is 0 Å². The Labute approximate surface area is 524 Å². The predicted molar refractivity (Wildman–Crippen MR) is 372 cm³/mol. The smallest absolute Gasteiger partial charge is 0.0619 e. The standard InChI is InChI=1S/C86H84N2/c1-9-29-65(30-10-1)83(57-21-5-22-58-83)69-41-49-73(50-42-69)87(74-51-43-70(44-52-74)84(59-23-6-24-60-84)66-31-11-2-12-32-66)81-77-37-17-19-39-79(77)82(80-40-20-18-38-78(80)81)88(75-53-45-71(46-54-75)85(61-25-7-26-62-85)67-33-13-3-14-34-67)76-55-47-72(48-56-76)86(63-27-8-28-64-86)68-35-15-4-16-36-68/h1-4,9-20,29-56H,5-8,21-28,57-64H2. The van der Waals surface area contributed by atoms with Crippen LogP contribution in [0.2, 0.25) is 0 Å². The van der Waals surface area contributed by atoms with Gasteiger partial charge in [0.2, 0.25) is 0 Å². The van der Waals surface area contributed by atoms with Gasteiger partial charge in [-0.15, -0.1) is 0 Å². The Bertz CT molecular complexity index is 3570. The Balaban J connectivity index is 0.932. The highest BCUT2D eigenvalue weighted by Crippen LogP contribution is 2.55. The molecule has 0 N–H and O–H groups in total. The van der Waals surface area contributed by atoms with E-state index in [4.69, 9.17) is 0 Å². The van der Waals surface area contributed by atoms with E-state index in [1.807, 2.05) is 0 Å². The Hall–Kier alpha value is -8.46. The summed E-state index contributed by atoms with van der Waals surface area (Å²) >= 11 is 0. The van der Waals surface area contributed by atoms with Crippen molar-refractivity contribution < 1.29 is 0 Å². The van der Waals surface area contributed by atoms with Crippen LogP contribution in [0.15, 0.2) is 267 Å². The second-order valence-corrected chi connectivity index (χ2v) is 26.7. The van der Waals surface area contributed by atoms with Crippen LogP contribution in [-0.4, -0.2) is 0 Å². The van der Waals surface area contributed by atoms with E-state index in [0.717, 1.165) is 0 Å². The summed E-state index contributed by atoms with van der Waals surface area (Å²) in [5.41, 5.74) is 18.5. The lowest BCUT2D eigenvalue weighted by Crippen LogP contribution is -2.30. The van der Waals surface area contributed by atoms with Crippen molar-refractivity contribution in [2.75, 3.05) is 9.80 Å². The molecule has 0 amide bonds. The molecule has 0 atom stereocenters. The van der Waals surface area contributed by atoms with Crippen LogP contribution in [0.25, 0.3) is 21.5 Å².